The minimum absolute atomic E-state index is 0.201. The first-order valence-corrected chi connectivity index (χ1v) is 11.3. The van der Waals surface area contributed by atoms with Gasteiger partial charge in [0.05, 0.1) is 24.9 Å². The largest absolute Gasteiger partial charge is 0.495 e. The highest BCUT2D eigenvalue weighted by Gasteiger charge is 2.42. The van der Waals surface area contributed by atoms with Crippen LogP contribution in [0.2, 0.25) is 0 Å². The molecule has 5 rings (SSSR count). The SMILES string of the molecule is COc1ccccc1N1CCN(C2=C(c3ccccc3)C(=O)N(Cc3cccnc3)C2=O)CC1. The Bertz CT molecular complexity index is 1220. The topological polar surface area (TPSA) is 66.0 Å². The van der Waals surface area contributed by atoms with E-state index < -0.39 is 0 Å². The van der Waals surface area contributed by atoms with Gasteiger partial charge in [-0.25, -0.2) is 0 Å². The van der Waals surface area contributed by atoms with Gasteiger partial charge in [0.1, 0.15) is 11.4 Å². The number of benzene rings is 2. The van der Waals surface area contributed by atoms with Gasteiger partial charge in [-0.3, -0.25) is 19.5 Å². The Kier molecular flexibility index (Phi) is 5.99. The van der Waals surface area contributed by atoms with E-state index in [9.17, 15) is 9.59 Å². The van der Waals surface area contributed by atoms with Crippen molar-refractivity contribution in [2.45, 2.75) is 6.54 Å². The van der Waals surface area contributed by atoms with E-state index in [1.165, 1.54) is 4.90 Å². The minimum Gasteiger partial charge on any atom is -0.495 e. The number of piperazine rings is 1. The molecule has 3 heterocycles. The van der Waals surface area contributed by atoms with Crippen molar-refractivity contribution >= 4 is 23.1 Å². The smallest absolute Gasteiger partial charge is 0.278 e. The average Bonchev–Trinajstić information content (AvgIpc) is 3.14. The molecule has 3 aromatic rings. The van der Waals surface area contributed by atoms with Crippen LogP contribution in [0.4, 0.5) is 5.69 Å². The van der Waals surface area contributed by atoms with Crippen molar-refractivity contribution in [3.05, 3.63) is 95.9 Å². The molecule has 1 saturated heterocycles. The molecule has 0 atom stereocenters. The van der Waals surface area contributed by atoms with Crippen LogP contribution in [-0.2, 0) is 16.1 Å². The van der Waals surface area contributed by atoms with Crippen molar-refractivity contribution in [3.8, 4) is 5.75 Å². The number of rotatable bonds is 6. The lowest BCUT2D eigenvalue weighted by molar-refractivity contribution is -0.138. The Labute approximate surface area is 198 Å². The molecule has 0 bridgehead atoms. The van der Waals surface area contributed by atoms with Gasteiger partial charge in [0.2, 0.25) is 0 Å². The Morgan fingerprint density at radius 3 is 2.24 bits per heavy atom. The van der Waals surface area contributed by atoms with Gasteiger partial charge in [-0.2, -0.15) is 0 Å². The van der Waals surface area contributed by atoms with E-state index in [1.807, 2.05) is 66.7 Å². The molecule has 2 aliphatic heterocycles. The number of nitrogens with zero attached hydrogens (tertiary/aromatic N) is 4. The summed E-state index contributed by atoms with van der Waals surface area (Å²) >= 11 is 0. The fraction of sp³-hybridized carbons (Fsp3) is 0.222. The highest BCUT2D eigenvalue weighted by atomic mass is 16.5. The first-order valence-electron chi connectivity index (χ1n) is 11.3. The zero-order chi connectivity index (χ0) is 23.5. The van der Waals surface area contributed by atoms with Gasteiger partial charge in [0, 0.05) is 38.6 Å². The summed E-state index contributed by atoms with van der Waals surface area (Å²) in [6, 6.07) is 21.1. The lowest BCUT2D eigenvalue weighted by Crippen LogP contribution is -2.47. The summed E-state index contributed by atoms with van der Waals surface area (Å²) in [5, 5.41) is 0. The predicted octanol–water partition coefficient (Wildman–Crippen LogP) is 3.19. The molecule has 1 aromatic heterocycles. The normalized spacial score (nSPS) is 16.4. The zero-order valence-corrected chi connectivity index (χ0v) is 19.1. The molecule has 0 N–H and O–H groups in total. The number of ether oxygens (including phenoxy) is 1. The fourth-order valence-electron chi connectivity index (χ4n) is 4.60. The van der Waals surface area contributed by atoms with Gasteiger partial charge in [0.15, 0.2) is 0 Å². The molecule has 0 spiro atoms. The van der Waals surface area contributed by atoms with Crippen LogP contribution in [0.15, 0.2) is 84.8 Å². The number of hydrogen-bond donors (Lipinski definition) is 0. The highest BCUT2D eigenvalue weighted by molar-refractivity contribution is 6.35. The molecular formula is C27H26N4O3. The van der Waals surface area contributed by atoms with Crippen molar-refractivity contribution in [1.29, 1.82) is 0 Å². The standard InChI is InChI=1S/C27H26N4O3/c1-34-23-12-6-5-11-22(23)29-14-16-30(17-15-29)25-24(21-9-3-2-4-10-21)26(32)31(27(25)33)19-20-8-7-13-28-18-20/h2-13,18H,14-17,19H2,1H3. The maximum absolute atomic E-state index is 13.6. The zero-order valence-electron chi connectivity index (χ0n) is 19.1. The molecule has 0 radical (unpaired) electrons. The molecule has 2 aliphatic rings. The number of hydrogen-bond acceptors (Lipinski definition) is 6. The van der Waals surface area contributed by atoms with Crippen LogP contribution in [-0.4, -0.2) is 59.9 Å². The van der Waals surface area contributed by atoms with Crippen molar-refractivity contribution < 1.29 is 14.3 Å². The molecule has 0 saturated carbocycles. The first-order chi connectivity index (χ1) is 16.7. The summed E-state index contributed by atoms with van der Waals surface area (Å²) in [5.41, 5.74) is 3.57. The first kappa shape index (κ1) is 21.7. The molecule has 2 aromatic carbocycles. The van der Waals surface area contributed by atoms with Crippen LogP contribution in [0.1, 0.15) is 11.1 Å². The Morgan fingerprint density at radius 2 is 1.53 bits per heavy atom. The number of carbonyl (C=O) groups is 2. The van der Waals surface area contributed by atoms with E-state index >= 15 is 0 Å². The molecule has 0 unspecified atom stereocenters. The van der Waals surface area contributed by atoms with E-state index in [4.69, 9.17) is 4.74 Å². The van der Waals surface area contributed by atoms with Gasteiger partial charge >= 0.3 is 0 Å². The number of aromatic nitrogens is 1. The number of pyridine rings is 1. The predicted molar refractivity (Wildman–Crippen MR) is 130 cm³/mol. The molecule has 34 heavy (non-hydrogen) atoms. The quantitative estimate of drug-likeness (QED) is 0.533. The maximum Gasteiger partial charge on any atom is 0.278 e. The number of anilines is 1. The molecule has 7 nitrogen and oxygen atoms in total. The van der Waals surface area contributed by atoms with Gasteiger partial charge in [-0.1, -0.05) is 48.5 Å². The Hall–Kier alpha value is -4.13. The van der Waals surface area contributed by atoms with E-state index in [-0.39, 0.29) is 18.4 Å². The summed E-state index contributed by atoms with van der Waals surface area (Å²) in [7, 11) is 1.67. The van der Waals surface area contributed by atoms with E-state index in [1.54, 1.807) is 19.5 Å². The second-order valence-electron chi connectivity index (χ2n) is 8.29. The lowest BCUT2D eigenvalue weighted by atomic mass is 10.0. The van der Waals surface area contributed by atoms with Crippen molar-refractivity contribution in [1.82, 2.24) is 14.8 Å². The van der Waals surface area contributed by atoms with Crippen molar-refractivity contribution in [2.75, 3.05) is 38.2 Å². The van der Waals surface area contributed by atoms with Gasteiger partial charge in [0.25, 0.3) is 11.8 Å². The summed E-state index contributed by atoms with van der Waals surface area (Å²) in [5.74, 6) is 0.315. The van der Waals surface area contributed by atoms with Crippen LogP contribution in [0.25, 0.3) is 5.57 Å². The summed E-state index contributed by atoms with van der Waals surface area (Å²) in [4.78, 5) is 36.9. The van der Waals surface area contributed by atoms with Gasteiger partial charge < -0.3 is 14.5 Å². The fourth-order valence-corrected chi connectivity index (χ4v) is 4.60. The number of methoxy groups -OCH3 is 1. The van der Waals surface area contributed by atoms with Crippen molar-refractivity contribution in [3.63, 3.8) is 0 Å². The Morgan fingerprint density at radius 1 is 0.824 bits per heavy atom. The maximum atomic E-state index is 13.6. The van der Waals surface area contributed by atoms with Crippen LogP contribution in [0.3, 0.4) is 0 Å². The van der Waals surface area contributed by atoms with Crippen LogP contribution >= 0.6 is 0 Å². The number of imide groups is 1. The molecule has 172 valence electrons. The molecule has 1 fully saturated rings. The number of carbonyl (C=O) groups excluding carboxylic acids is 2. The van der Waals surface area contributed by atoms with Gasteiger partial charge in [-0.15, -0.1) is 0 Å². The Balaban J connectivity index is 1.43. The second kappa shape index (κ2) is 9.39. The van der Waals surface area contributed by atoms with Crippen LogP contribution < -0.4 is 9.64 Å². The second-order valence-corrected chi connectivity index (χ2v) is 8.29. The van der Waals surface area contributed by atoms with E-state index in [2.05, 4.69) is 14.8 Å². The summed E-state index contributed by atoms with van der Waals surface area (Å²) in [6.45, 7) is 2.89. The van der Waals surface area contributed by atoms with Gasteiger partial charge in [-0.05, 0) is 29.3 Å². The third kappa shape index (κ3) is 4.01. The minimum atomic E-state index is -0.262. The molecular weight excluding hydrogens is 428 g/mol. The molecule has 2 amide bonds. The van der Waals surface area contributed by atoms with Crippen LogP contribution in [0.5, 0.6) is 5.75 Å². The highest BCUT2D eigenvalue weighted by Crippen LogP contribution is 2.34. The molecule has 7 heteroatoms. The number of amides is 2. The van der Waals surface area contributed by atoms with Crippen LogP contribution in [0, 0.1) is 0 Å². The average molecular weight is 455 g/mol. The third-order valence-corrected chi connectivity index (χ3v) is 6.29. The summed E-state index contributed by atoms with van der Waals surface area (Å²) in [6.07, 6.45) is 3.37. The number of para-hydroxylation sites is 2. The van der Waals surface area contributed by atoms with E-state index in [0.717, 1.165) is 35.7 Å². The van der Waals surface area contributed by atoms with Crippen molar-refractivity contribution in [2.24, 2.45) is 0 Å². The van der Waals surface area contributed by atoms with E-state index in [0.29, 0.717) is 24.4 Å². The third-order valence-electron chi connectivity index (χ3n) is 6.29. The monoisotopic (exact) mass is 454 g/mol. The summed E-state index contributed by atoms with van der Waals surface area (Å²) < 4.78 is 5.53. The molecule has 0 aliphatic carbocycles. The lowest BCUT2D eigenvalue weighted by Gasteiger charge is -2.38.